The summed E-state index contributed by atoms with van der Waals surface area (Å²) in [5.41, 5.74) is 0.629. The number of hydrogen-bond donors (Lipinski definition) is 3. The van der Waals surface area contributed by atoms with Crippen molar-refractivity contribution in [2.45, 2.75) is 11.4 Å². The van der Waals surface area contributed by atoms with Gasteiger partial charge in [-0.25, -0.2) is 18.9 Å². The highest BCUT2D eigenvalue weighted by atomic mass is 79.9. The average Bonchev–Trinajstić information content (AvgIpc) is 3.25. The third-order valence-electron chi connectivity index (χ3n) is 3.00. The van der Waals surface area contributed by atoms with E-state index in [4.69, 9.17) is 9.05 Å². The fraction of sp³-hybridized carbons (Fsp3) is 0.154. The molecule has 3 rings (SSSR count). The van der Waals surface area contributed by atoms with Crippen LogP contribution in [0, 0.1) is 5.82 Å². The smallest absolute Gasteiger partial charge is 0.409 e. The highest BCUT2D eigenvalue weighted by Gasteiger charge is 2.19. The minimum atomic E-state index is -0.627. The predicted molar refractivity (Wildman–Crippen MR) is 91.9 cm³/mol. The lowest BCUT2D eigenvalue weighted by Crippen LogP contribution is -2.15. The Kier molecular flexibility index (Phi) is 5.68. The zero-order valence-corrected chi connectivity index (χ0v) is 15.2. The number of nitrogens with zero attached hydrogens (tertiary/aromatic N) is 4. The van der Waals surface area contributed by atoms with Gasteiger partial charge < -0.3 is 14.9 Å². The van der Waals surface area contributed by atoms with E-state index in [-0.39, 0.29) is 21.9 Å². The normalized spacial score (nSPS) is 11.7. The summed E-state index contributed by atoms with van der Waals surface area (Å²) < 4.78 is 23.0. The van der Waals surface area contributed by atoms with Gasteiger partial charge >= 0.3 is 5.76 Å². The van der Waals surface area contributed by atoms with Crippen LogP contribution in [0.25, 0.3) is 0 Å². The molecule has 0 radical (unpaired) electrons. The zero-order valence-electron chi connectivity index (χ0n) is 12.8. The number of oxime groups is 1. The van der Waals surface area contributed by atoms with E-state index in [9.17, 15) is 14.4 Å². The summed E-state index contributed by atoms with van der Waals surface area (Å²) in [6.07, 6.45) is 0.361. The second-order valence-electron chi connectivity index (χ2n) is 4.73. The lowest BCUT2D eigenvalue weighted by molar-refractivity contribution is 0.297. The first-order chi connectivity index (χ1) is 12.6. The number of rotatable bonds is 6. The van der Waals surface area contributed by atoms with Crippen molar-refractivity contribution in [3.63, 3.8) is 0 Å². The third-order valence-corrected chi connectivity index (χ3v) is 4.56. The summed E-state index contributed by atoms with van der Waals surface area (Å²) >= 11 is 4.30. The minimum Gasteiger partial charge on any atom is -0.409 e. The molecule has 136 valence electrons. The van der Waals surface area contributed by atoms with E-state index in [1.54, 1.807) is 0 Å². The predicted octanol–water partition coefficient (Wildman–Crippen LogP) is 2.23. The molecular formula is C13H10BrFN6O4S. The number of hydrogen-bond acceptors (Lipinski definition) is 9. The number of H-pyrrole nitrogens is 1. The van der Waals surface area contributed by atoms with Crippen molar-refractivity contribution in [1.82, 2.24) is 20.5 Å². The second-order valence-corrected chi connectivity index (χ2v) is 6.66. The van der Waals surface area contributed by atoms with Crippen molar-refractivity contribution in [1.29, 1.82) is 0 Å². The summed E-state index contributed by atoms with van der Waals surface area (Å²) in [6.45, 7) is 0. The van der Waals surface area contributed by atoms with Crippen LogP contribution >= 0.6 is 27.7 Å². The molecule has 13 heteroatoms. The number of anilines is 1. The molecule has 0 aliphatic heterocycles. The fourth-order valence-electron chi connectivity index (χ4n) is 1.86. The van der Waals surface area contributed by atoms with E-state index in [1.807, 2.05) is 0 Å². The van der Waals surface area contributed by atoms with Crippen LogP contribution in [0.1, 0.15) is 11.6 Å². The van der Waals surface area contributed by atoms with Crippen LogP contribution in [0.5, 0.6) is 0 Å². The number of aromatic nitrogens is 4. The molecule has 3 aromatic rings. The van der Waals surface area contributed by atoms with Crippen LogP contribution < -0.4 is 11.1 Å². The molecule has 0 atom stereocenters. The highest BCUT2D eigenvalue weighted by molar-refractivity contribution is 9.10. The van der Waals surface area contributed by atoms with E-state index in [1.165, 1.54) is 30.0 Å². The first-order valence-electron chi connectivity index (χ1n) is 7.01. The Balaban J connectivity index is 1.68. The van der Waals surface area contributed by atoms with E-state index in [2.05, 4.69) is 46.9 Å². The SMILES string of the molecule is O=c1[nH]nc(CCSc2nonc2/C(=N\O)Nc2ccc(F)c(Br)c2)o1. The molecule has 0 fully saturated rings. The molecule has 10 nitrogen and oxygen atoms in total. The number of halogens is 2. The van der Waals surface area contributed by atoms with E-state index < -0.39 is 11.6 Å². The molecule has 0 aliphatic rings. The summed E-state index contributed by atoms with van der Waals surface area (Å²) in [7, 11) is 0. The van der Waals surface area contributed by atoms with Crippen molar-refractivity contribution >= 4 is 39.2 Å². The van der Waals surface area contributed by atoms with E-state index >= 15 is 0 Å². The number of aryl methyl sites for hydroxylation is 1. The standard InChI is InChI=1S/C13H10BrFN6O4S/c14-7-5-6(1-2-8(7)15)16-11(19-23)10-12(21-25-20-10)26-4-3-9-17-18-13(22)24-9/h1-2,5,23H,3-4H2,(H,16,19)(H,18,22). The molecule has 0 saturated heterocycles. The molecule has 0 bridgehead atoms. The first-order valence-corrected chi connectivity index (χ1v) is 8.79. The number of aromatic amines is 1. The largest absolute Gasteiger partial charge is 0.434 e. The van der Waals surface area contributed by atoms with Gasteiger partial charge in [-0.15, -0.1) is 5.10 Å². The Morgan fingerprint density at radius 1 is 1.46 bits per heavy atom. The Hall–Kier alpha value is -2.67. The number of benzene rings is 1. The molecule has 1 aromatic carbocycles. The van der Waals surface area contributed by atoms with Gasteiger partial charge in [-0.1, -0.05) is 16.9 Å². The number of nitrogens with one attached hydrogen (secondary N) is 2. The summed E-state index contributed by atoms with van der Waals surface area (Å²) in [5, 5.41) is 28.9. The molecular weight excluding hydrogens is 435 g/mol. The van der Waals surface area contributed by atoms with Crippen LogP contribution in [0.4, 0.5) is 10.1 Å². The van der Waals surface area contributed by atoms with Crippen LogP contribution in [0.2, 0.25) is 0 Å². The van der Waals surface area contributed by atoms with Gasteiger partial charge in [-0.05, 0) is 44.4 Å². The summed E-state index contributed by atoms with van der Waals surface area (Å²) in [5.74, 6) is -0.375. The van der Waals surface area contributed by atoms with Crippen LogP contribution in [-0.4, -0.2) is 37.3 Å². The topological polar surface area (TPSA) is 142 Å². The van der Waals surface area contributed by atoms with Crippen molar-refractivity contribution in [3.8, 4) is 0 Å². The maximum absolute atomic E-state index is 13.3. The molecule has 3 N–H and O–H groups in total. The molecule has 0 spiro atoms. The monoisotopic (exact) mass is 444 g/mol. The average molecular weight is 445 g/mol. The van der Waals surface area contributed by atoms with Crippen molar-refractivity contribution in [2.75, 3.05) is 11.1 Å². The maximum atomic E-state index is 13.3. The number of thioether (sulfide) groups is 1. The van der Waals surface area contributed by atoms with Gasteiger partial charge in [-0.2, -0.15) is 0 Å². The van der Waals surface area contributed by atoms with Gasteiger partial charge in [-0.3, -0.25) is 0 Å². The Bertz CT molecular complexity index is 987. The molecule has 0 aliphatic carbocycles. The molecule has 2 heterocycles. The Morgan fingerprint density at radius 2 is 2.31 bits per heavy atom. The Morgan fingerprint density at radius 3 is 3.00 bits per heavy atom. The van der Waals surface area contributed by atoms with Crippen molar-refractivity contribution < 1.29 is 18.6 Å². The van der Waals surface area contributed by atoms with Gasteiger partial charge in [0.15, 0.2) is 10.7 Å². The van der Waals surface area contributed by atoms with Crippen LogP contribution in [0.3, 0.4) is 0 Å². The van der Waals surface area contributed by atoms with Gasteiger partial charge in [0.05, 0.1) is 4.47 Å². The second kappa shape index (κ2) is 8.14. The van der Waals surface area contributed by atoms with Crippen molar-refractivity contribution in [2.24, 2.45) is 5.16 Å². The molecule has 0 saturated carbocycles. The molecule has 26 heavy (non-hydrogen) atoms. The Labute approximate surface area is 156 Å². The van der Waals surface area contributed by atoms with E-state index in [0.29, 0.717) is 22.9 Å². The van der Waals surface area contributed by atoms with Gasteiger partial charge in [0, 0.05) is 17.9 Å². The van der Waals surface area contributed by atoms with Gasteiger partial charge in [0.25, 0.3) is 0 Å². The third kappa shape index (κ3) is 4.29. The number of amidine groups is 1. The van der Waals surface area contributed by atoms with Gasteiger partial charge in [0.2, 0.25) is 11.7 Å². The van der Waals surface area contributed by atoms with Crippen LogP contribution in [-0.2, 0) is 6.42 Å². The minimum absolute atomic E-state index is 0.0291. The molecule has 0 amide bonds. The fourth-order valence-corrected chi connectivity index (χ4v) is 3.07. The van der Waals surface area contributed by atoms with Gasteiger partial charge in [0.1, 0.15) is 5.82 Å². The van der Waals surface area contributed by atoms with Crippen LogP contribution in [0.15, 0.2) is 46.7 Å². The molecule has 0 unspecified atom stereocenters. The summed E-state index contributed by atoms with van der Waals surface area (Å²) in [6, 6.07) is 4.18. The first kappa shape index (κ1) is 18.1. The highest BCUT2D eigenvalue weighted by Crippen LogP contribution is 2.23. The molecule has 2 aromatic heterocycles. The lowest BCUT2D eigenvalue weighted by atomic mass is 10.3. The maximum Gasteiger partial charge on any atom is 0.434 e. The lowest BCUT2D eigenvalue weighted by Gasteiger charge is -2.07. The quantitative estimate of drug-likeness (QED) is 0.171. The zero-order chi connectivity index (χ0) is 18.5. The van der Waals surface area contributed by atoms with E-state index in [0.717, 1.165) is 0 Å². The van der Waals surface area contributed by atoms with Crippen molar-refractivity contribution in [3.05, 3.63) is 50.6 Å². The summed E-state index contributed by atoms with van der Waals surface area (Å²) in [4.78, 5) is 10.9.